The Hall–Kier alpha value is -6.53. The summed E-state index contributed by atoms with van der Waals surface area (Å²) in [6, 6.07) is 22.4. The number of Topliss-reactive ketones (excluding diaryl/α,β-unsaturated/α-hetero) is 1. The molecule has 17 heteroatoms. The number of H-pyrrole nitrogens is 1. The summed E-state index contributed by atoms with van der Waals surface area (Å²) in [7, 11) is 0. The zero-order valence-corrected chi connectivity index (χ0v) is 55.9. The summed E-state index contributed by atoms with van der Waals surface area (Å²) in [5, 5.41) is 19.8. The number of anilines is 1. The van der Waals surface area contributed by atoms with Gasteiger partial charge in [0.1, 0.15) is 0 Å². The Balaban J connectivity index is 0.672. The van der Waals surface area contributed by atoms with E-state index in [1.807, 2.05) is 95.3 Å². The van der Waals surface area contributed by atoms with Crippen LogP contribution in [-0.4, -0.2) is 118 Å². The van der Waals surface area contributed by atoms with Gasteiger partial charge in [-0.2, -0.15) is 0 Å². The van der Waals surface area contributed by atoms with Crippen molar-refractivity contribution in [1.29, 1.82) is 0 Å². The van der Waals surface area contributed by atoms with E-state index >= 15 is 0 Å². The van der Waals surface area contributed by atoms with Crippen LogP contribution in [0.5, 0.6) is 0 Å². The number of hydrogen-bond donors (Lipinski definition) is 5. The quantitative estimate of drug-likeness (QED) is 0.0264. The number of hydrogen-bond acceptors (Lipinski definition) is 12. The number of carbonyl (C=O) groups excluding carboxylic acids is 5. The number of nitrogens with one attached hydrogen (secondary N) is 4. The van der Waals surface area contributed by atoms with Gasteiger partial charge in [0, 0.05) is 113 Å². The topological polar surface area (TPSA) is 206 Å². The Morgan fingerprint density at radius 3 is 1.93 bits per heavy atom. The fourth-order valence-electron chi connectivity index (χ4n) is 13.5. The molecule has 3 fully saturated rings. The monoisotopic (exact) mass is 1250 g/mol. The number of amides is 4. The number of ether oxygens (including phenoxy) is 1. The van der Waals surface area contributed by atoms with Crippen LogP contribution in [0.1, 0.15) is 193 Å². The van der Waals surface area contributed by atoms with Gasteiger partial charge in [-0.1, -0.05) is 134 Å². The Morgan fingerprint density at radius 2 is 1.33 bits per heavy atom. The van der Waals surface area contributed by atoms with Crippen LogP contribution in [0.4, 0.5) is 5.69 Å². The second kappa shape index (κ2) is 33.7. The number of nitrogens with zero attached hydrogens (tertiary/aromatic N) is 4. The summed E-state index contributed by atoms with van der Waals surface area (Å²) in [6.45, 7) is 22.4. The maximum absolute atomic E-state index is 14.1. The molecule has 2 aliphatic heterocycles. The second-order valence-corrected chi connectivity index (χ2v) is 27.7. The minimum Gasteiger partial charge on any atom is -0.393 e. The van der Waals surface area contributed by atoms with E-state index < -0.39 is 29.4 Å². The van der Waals surface area contributed by atoms with Gasteiger partial charge in [0.2, 0.25) is 17.7 Å². The fraction of sp³-hybridized carbons (Fsp3) is 0.575. The Labute approximate surface area is 539 Å². The summed E-state index contributed by atoms with van der Waals surface area (Å²) >= 11 is 1.59. The van der Waals surface area contributed by atoms with Crippen molar-refractivity contribution in [1.82, 2.24) is 35.7 Å². The van der Waals surface area contributed by atoms with E-state index in [0.29, 0.717) is 36.6 Å². The number of piperazine rings is 1. The Kier molecular flexibility index (Phi) is 26.0. The van der Waals surface area contributed by atoms with Crippen LogP contribution >= 0.6 is 11.3 Å². The minimum atomic E-state index is -0.765. The average Bonchev–Trinajstić information content (AvgIpc) is 1.09. The molecule has 0 radical (unpaired) electrons. The molecular weight excluding hydrogens is 1150 g/mol. The molecule has 488 valence electrons. The number of ketones is 1. The summed E-state index contributed by atoms with van der Waals surface area (Å²) in [6.07, 6.45) is 15.6. The molecule has 8 rings (SSSR count). The smallest absolute Gasteiger partial charge is 0.253 e. The number of unbranched alkanes of at least 4 members (excludes halogenated alkanes) is 11. The molecule has 1 aliphatic carbocycles. The van der Waals surface area contributed by atoms with E-state index in [9.17, 15) is 33.9 Å². The lowest BCUT2D eigenvalue weighted by Gasteiger charge is -2.37. The summed E-state index contributed by atoms with van der Waals surface area (Å²) in [5.74, 6) is -1.86. The van der Waals surface area contributed by atoms with Gasteiger partial charge >= 0.3 is 0 Å². The highest BCUT2D eigenvalue weighted by Gasteiger charge is 2.47. The number of thiazole rings is 1. The first kappa shape index (κ1) is 69.4. The standard InChI is InChI=1S/C73H102N8O8S/c1-9-81(58-32-38-89-39-33-58)64-42-57(41-60(51(64)4)70(86)75-46-63-49(2)40-50(3)77-72(63)88)55-28-26-54(27-29-55)47-79-34-36-80(37-35-79)66(84)23-21-19-17-15-13-11-10-12-14-16-18-20-22-65(83)78-69(73(6,7)8)67(85)61-43-59(82)44-62(61)71(87)74-45-53-24-30-56(31-25-53)68-52(5)76-48-90-68/h24-31,40-42,48,58-59,61-62,69,82H,9-23,32-39,43-47H2,1-8H3,(H,74,87)(H,75,86)(H,77,88)(H,78,83)/t59-,61?,62-,69+/m0/s1. The molecule has 16 nitrogen and oxygen atoms in total. The van der Waals surface area contributed by atoms with Crippen molar-refractivity contribution >= 4 is 46.4 Å². The van der Waals surface area contributed by atoms with Crippen LogP contribution in [0.3, 0.4) is 0 Å². The SMILES string of the molecule is CCN(c1cc(-c2ccc(CN3CCN(C(=O)CCCCCCCCCCCCCCC(=O)N[C@H](C(=O)C4C[C@H](O)C[C@@H]4C(=O)NCc4ccc(-c5scnc5C)cc4)C(C)(C)C)CC3)cc2)cc(C(=O)NCc2c(C)cc(C)[nH]c2=O)c1C)C1CCOCC1. The Morgan fingerprint density at radius 1 is 0.733 bits per heavy atom. The molecular formula is C73H102N8O8S. The normalized spacial score (nSPS) is 17.7. The van der Waals surface area contributed by atoms with Gasteiger partial charge in [-0.3, -0.25) is 33.7 Å². The number of rotatable bonds is 31. The van der Waals surface area contributed by atoms with Crippen molar-refractivity contribution in [3.63, 3.8) is 0 Å². The molecule has 3 aromatic carbocycles. The van der Waals surface area contributed by atoms with Gasteiger partial charge < -0.3 is 40.6 Å². The molecule has 4 atom stereocenters. The predicted molar refractivity (Wildman–Crippen MR) is 360 cm³/mol. The van der Waals surface area contributed by atoms with Gasteiger partial charge in [-0.25, -0.2) is 4.98 Å². The highest BCUT2D eigenvalue weighted by molar-refractivity contribution is 7.13. The lowest BCUT2D eigenvalue weighted by atomic mass is 9.77. The fourth-order valence-corrected chi connectivity index (χ4v) is 14.4. The number of aliphatic hydroxyl groups excluding tert-OH is 1. The van der Waals surface area contributed by atoms with Crippen molar-refractivity contribution in [2.45, 2.75) is 209 Å². The molecule has 0 bridgehead atoms. The third kappa shape index (κ3) is 19.5. The van der Waals surface area contributed by atoms with E-state index in [1.165, 1.54) is 37.7 Å². The number of pyridine rings is 1. The largest absolute Gasteiger partial charge is 0.393 e. The number of aliphatic hydroxyl groups is 1. The van der Waals surface area contributed by atoms with E-state index in [2.05, 4.69) is 73.0 Å². The number of benzene rings is 3. The van der Waals surface area contributed by atoms with Gasteiger partial charge in [0.15, 0.2) is 5.78 Å². The zero-order chi connectivity index (χ0) is 64.3. The summed E-state index contributed by atoms with van der Waals surface area (Å²) < 4.78 is 5.72. The average molecular weight is 1250 g/mol. The zero-order valence-electron chi connectivity index (χ0n) is 55.1. The van der Waals surface area contributed by atoms with E-state index in [-0.39, 0.29) is 54.4 Å². The second-order valence-electron chi connectivity index (χ2n) is 26.8. The van der Waals surface area contributed by atoms with Gasteiger partial charge in [0.05, 0.1) is 34.1 Å². The Bertz CT molecular complexity index is 3230. The van der Waals surface area contributed by atoms with E-state index in [1.54, 1.807) is 11.3 Å². The molecule has 3 aliphatic rings. The van der Waals surface area contributed by atoms with Crippen molar-refractivity contribution in [2.24, 2.45) is 17.3 Å². The molecule has 1 unspecified atom stereocenters. The third-order valence-electron chi connectivity index (χ3n) is 18.9. The number of aryl methyl sites for hydroxylation is 3. The molecule has 4 heterocycles. The summed E-state index contributed by atoms with van der Waals surface area (Å²) in [4.78, 5) is 96.3. The lowest BCUT2D eigenvalue weighted by Crippen LogP contribution is -2.52. The van der Waals surface area contributed by atoms with Crippen molar-refractivity contribution in [3.8, 4) is 21.6 Å². The molecule has 2 saturated heterocycles. The number of aromatic amines is 1. The first-order chi connectivity index (χ1) is 43.3. The van der Waals surface area contributed by atoms with Crippen LogP contribution in [0, 0.1) is 44.9 Å². The highest BCUT2D eigenvalue weighted by atomic mass is 32.1. The van der Waals surface area contributed by atoms with Gasteiger partial charge in [-0.15, -0.1) is 11.3 Å². The van der Waals surface area contributed by atoms with Crippen molar-refractivity contribution < 1.29 is 33.8 Å². The van der Waals surface area contributed by atoms with Gasteiger partial charge in [0.25, 0.3) is 11.5 Å². The van der Waals surface area contributed by atoms with Crippen molar-refractivity contribution in [3.05, 3.63) is 127 Å². The van der Waals surface area contributed by atoms with Crippen LogP contribution < -0.4 is 26.4 Å². The molecule has 90 heavy (non-hydrogen) atoms. The molecule has 0 spiro atoms. The van der Waals surface area contributed by atoms with Crippen LogP contribution in [0.2, 0.25) is 0 Å². The molecule has 4 amide bonds. The molecule has 5 aromatic rings. The number of aromatic nitrogens is 2. The first-order valence-electron chi connectivity index (χ1n) is 33.6. The van der Waals surface area contributed by atoms with Crippen LogP contribution in [0.25, 0.3) is 21.6 Å². The maximum Gasteiger partial charge on any atom is 0.253 e. The highest BCUT2D eigenvalue weighted by Crippen LogP contribution is 2.38. The number of carbonyl (C=O) groups is 5. The molecule has 1 saturated carbocycles. The molecule has 5 N–H and O–H groups in total. The van der Waals surface area contributed by atoms with Crippen molar-refractivity contribution in [2.75, 3.05) is 50.8 Å². The van der Waals surface area contributed by atoms with Gasteiger partial charge in [-0.05, 0) is 136 Å². The lowest BCUT2D eigenvalue weighted by molar-refractivity contribution is -0.137. The van der Waals surface area contributed by atoms with Crippen LogP contribution in [-0.2, 0) is 43.5 Å². The molecule has 2 aromatic heterocycles. The maximum atomic E-state index is 14.1. The van der Waals surface area contributed by atoms with E-state index in [4.69, 9.17) is 4.74 Å². The van der Waals surface area contributed by atoms with E-state index in [0.717, 1.165) is 166 Å². The summed E-state index contributed by atoms with van der Waals surface area (Å²) in [5.41, 5.74) is 12.0. The third-order valence-corrected chi connectivity index (χ3v) is 19.9. The first-order valence-corrected chi connectivity index (χ1v) is 34.5. The minimum absolute atomic E-state index is 0.138. The van der Waals surface area contributed by atoms with Crippen LogP contribution in [0.15, 0.2) is 77.0 Å². The predicted octanol–water partition coefficient (Wildman–Crippen LogP) is 12.2.